The molecule has 4 heteroatoms. The molecule has 0 aromatic rings. The Morgan fingerprint density at radius 3 is 1.28 bits per heavy atom. The summed E-state index contributed by atoms with van der Waals surface area (Å²) in [4.78, 5) is 23.3. The van der Waals surface area contributed by atoms with Gasteiger partial charge in [-0.2, -0.15) is 0 Å². The van der Waals surface area contributed by atoms with Crippen molar-refractivity contribution in [3.63, 3.8) is 0 Å². The summed E-state index contributed by atoms with van der Waals surface area (Å²) in [7, 11) is 0. The van der Waals surface area contributed by atoms with Gasteiger partial charge in [0, 0.05) is 12.8 Å². The van der Waals surface area contributed by atoms with Gasteiger partial charge in [-0.05, 0) is 44.9 Å². The monoisotopic (exact) mass is 508 g/mol. The van der Waals surface area contributed by atoms with Crippen LogP contribution < -0.4 is 0 Å². The first-order valence-corrected chi connectivity index (χ1v) is 15.7. The molecule has 0 saturated carbocycles. The molecule has 0 aliphatic heterocycles. The van der Waals surface area contributed by atoms with Gasteiger partial charge in [-0.15, -0.1) is 0 Å². The number of rotatable bonds is 28. The van der Waals surface area contributed by atoms with Crippen LogP contribution in [0.5, 0.6) is 0 Å². The molecule has 0 spiro atoms. The minimum Gasteiger partial charge on any atom is -0.466 e. The third kappa shape index (κ3) is 28.9. The summed E-state index contributed by atoms with van der Waals surface area (Å²) in [5.41, 5.74) is 0. The van der Waals surface area contributed by atoms with Crippen LogP contribution in [0.1, 0.15) is 168 Å². The molecule has 0 aromatic carbocycles. The van der Waals surface area contributed by atoms with Crippen molar-refractivity contribution in [3.05, 3.63) is 12.2 Å². The van der Waals surface area contributed by atoms with Gasteiger partial charge in [0.15, 0.2) is 0 Å². The molecule has 0 aliphatic rings. The van der Waals surface area contributed by atoms with E-state index in [1.54, 1.807) is 0 Å². The van der Waals surface area contributed by atoms with Gasteiger partial charge in [-0.1, -0.05) is 122 Å². The molecular formula is C32H60O4. The van der Waals surface area contributed by atoms with Crippen LogP contribution in [0.4, 0.5) is 0 Å². The van der Waals surface area contributed by atoms with Crippen molar-refractivity contribution >= 4 is 11.9 Å². The third-order valence-corrected chi connectivity index (χ3v) is 6.69. The van der Waals surface area contributed by atoms with Crippen LogP contribution in [0.2, 0.25) is 0 Å². The molecule has 0 amide bonds. The van der Waals surface area contributed by atoms with Gasteiger partial charge in [-0.3, -0.25) is 9.59 Å². The fraction of sp³-hybridized carbons (Fsp3) is 0.875. The van der Waals surface area contributed by atoms with Gasteiger partial charge >= 0.3 is 11.9 Å². The van der Waals surface area contributed by atoms with E-state index in [0.717, 1.165) is 51.4 Å². The summed E-state index contributed by atoms with van der Waals surface area (Å²) in [6, 6.07) is 0. The highest BCUT2D eigenvalue weighted by atomic mass is 16.5. The Kier molecular flexibility index (Phi) is 28.8. The van der Waals surface area contributed by atoms with E-state index in [1.807, 2.05) is 0 Å². The summed E-state index contributed by atoms with van der Waals surface area (Å²) >= 11 is 0. The van der Waals surface area contributed by atoms with Gasteiger partial charge in [0.05, 0.1) is 13.2 Å². The van der Waals surface area contributed by atoms with E-state index >= 15 is 0 Å². The number of carbonyl (C=O) groups excluding carboxylic acids is 2. The quantitative estimate of drug-likeness (QED) is 0.0599. The second-order valence-corrected chi connectivity index (χ2v) is 10.4. The van der Waals surface area contributed by atoms with Gasteiger partial charge in [-0.25, -0.2) is 0 Å². The van der Waals surface area contributed by atoms with Crippen LogP contribution in [-0.2, 0) is 19.1 Å². The first kappa shape index (κ1) is 34.7. The molecule has 212 valence electrons. The van der Waals surface area contributed by atoms with Gasteiger partial charge < -0.3 is 9.47 Å². The Balaban J connectivity index is 3.23. The maximum Gasteiger partial charge on any atom is 0.305 e. The summed E-state index contributed by atoms with van der Waals surface area (Å²) in [5.74, 6) is -0.0438. The van der Waals surface area contributed by atoms with Gasteiger partial charge in [0.2, 0.25) is 0 Å². The van der Waals surface area contributed by atoms with Crippen LogP contribution in [0, 0.1) is 0 Å². The van der Waals surface area contributed by atoms with E-state index in [1.165, 1.54) is 89.9 Å². The lowest BCUT2D eigenvalue weighted by molar-refractivity contribution is -0.144. The number of ether oxygens (including phenoxy) is 2. The van der Waals surface area contributed by atoms with E-state index < -0.39 is 0 Å². The number of esters is 2. The first-order chi connectivity index (χ1) is 17.7. The highest BCUT2D eigenvalue weighted by Crippen LogP contribution is 2.13. The topological polar surface area (TPSA) is 52.6 Å². The average Bonchev–Trinajstić information content (AvgIpc) is 2.87. The Labute approximate surface area is 224 Å². The summed E-state index contributed by atoms with van der Waals surface area (Å²) < 4.78 is 10.6. The Morgan fingerprint density at radius 2 is 0.806 bits per heavy atom. The Hall–Kier alpha value is -1.32. The predicted octanol–water partition coefficient (Wildman–Crippen LogP) is 10.0. The lowest BCUT2D eigenvalue weighted by atomic mass is 10.0. The average molecular weight is 509 g/mol. The molecule has 0 unspecified atom stereocenters. The van der Waals surface area contributed by atoms with Crippen molar-refractivity contribution in [2.45, 2.75) is 168 Å². The highest BCUT2D eigenvalue weighted by Gasteiger charge is 2.03. The molecule has 0 N–H and O–H groups in total. The zero-order chi connectivity index (χ0) is 26.4. The number of allylic oxidation sites excluding steroid dienone is 2. The lowest BCUT2D eigenvalue weighted by Crippen LogP contribution is -2.05. The van der Waals surface area contributed by atoms with Crippen molar-refractivity contribution in [2.75, 3.05) is 13.2 Å². The molecule has 36 heavy (non-hydrogen) atoms. The number of unbranched alkanes of at least 4 members (excludes halogenated alkanes) is 18. The highest BCUT2D eigenvalue weighted by molar-refractivity contribution is 5.69. The zero-order valence-corrected chi connectivity index (χ0v) is 24.2. The summed E-state index contributed by atoms with van der Waals surface area (Å²) in [5, 5.41) is 0. The smallest absolute Gasteiger partial charge is 0.305 e. The summed E-state index contributed by atoms with van der Waals surface area (Å²) in [6.07, 6.45) is 31.9. The van der Waals surface area contributed by atoms with Crippen LogP contribution in [-0.4, -0.2) is 25.2 Å². The SMILES string of the molecule is CCCCCCOC(=O)CCC/C=C/CCCCCCCCCCCCCC(=O)OCCCCCC. The Bertz CT molecular complexity index is 500. The fourth-order valence-corrected chi connectivity index (χ4v) is 4.30. The van der Waals surface area contributed by atoms with E-state index in [2.05, 4.69) is 26.0 Å². The number of carbonyl (C=O) groups is 2. The van der Waals surface area contributed by atoms with Crippen LogP contribution in [0.15, 0.2) is 12.2 Å². The van der Waals surface area contributed by atoms with Crippen molar-refractivity contribution < 1.29 is 19.1 Å². The second-order valence-electron chi connectivity index (χ2n) is 10.4. The van der Waals surface area contributed by atoms with Gasteiger partial charge in [0.1, 0.15) is 0 Å². The minimum absolute atomic E-state index is 0.00705. The lowest BCUT2D eigenvalue weighted by Gasteiger charge is -2.05. The molecule has 0 heterocycles. The van der Waals surface area contributed by atoms with Crippen LogP contribution in [0.25, 0.3) is 0 Å². The molecule has 0 aliphatic carbocycles. The predicted molar refractivity (Wildman–Crippen MR) is 153 cm³/mol. The van der Waals surface area contributed by atoms with Crippen LogP contribution in [0.3, 0.4) is 0 Å². The molecule has 0 radical (unpaired) electrons. The van der Waals surface area contributed by atoms with Crippen molar-refractivity contribution in [3.8, 4) is 0 Å². The molecule has 4 nitrogen and oxygen atoms in total. The molecule has 0 atom stereocenters. The molecule has 0 saturated heterocycles. The Morgan fingerprint density at radius 1 is 0.444 bits per heavy atom. The van der Waals surface area contributed by atoms with Crippen molar-refractivity contribution in [1.29, 1.82) is 0 Å². The third-order valence-electron chi connectivity index (χ3n) is 6.69. The molecule has 0 rings (SSSR count). The number of hydrogen-bond donors (Lipinski definition) is 0. The van der Waals surface area contributed by atoms with E-state index in [4.69, 9.17) is 9.47 Å². The molecule has 0 bridgehead atoms. The maximum atomic E-state index is 11.7. The van der Waals surface area contributed by atoms with Crippen molar-refractivity contribution in [2.24, 2.45) is 0 Å². The standard InChI is InChI=1S/C32H60O4/c1-3-5-7-25-29-35-31(33)27-23-21-19-17-15-13-11-9-10-12-14-16-18-20-22-24-28-32(34)36-30-26-8-6-4-2/h17,19H,3-16,18,20-30H2,1-2H3/b19-17+. The zero-order valence-electron chi connectivity index (χ0n) is 24.2. The minimum atomic E-state index is -0.0368. The van der Waals surface area contributed by atoms with E-state index in [9.17, 15) is 9.59 Å². The fourth-order valence-electron chi connectivity index (χ4n) is 4.30. The van der Waals surface area contributed by atoms with Crippen molar-refractivity contribution in [1.82, 2.24) is 0 Å². The van der Waals surface area contributed by atoms with E-state index in [0.29, 0.717) is 26.1 Å². The molecule has 0 fully saturated rings. The van der Waals surface area contributed by atoms with Gasteiger partial charge in [0.25, 0.3) is 0 Å². The van der Waals surface area contributed by atoms with Crippen LogP contribution >= 0.6 is 0 Å². The normalized spacial score (nSPS) is 11.3. The van der Waals surface area contributed by atoms with E-state index in [-0.39, 0.29) is 11.9 Å². The largest absolute Gasteiger partial charge is 0.466 e. The second kappa shape index (κ2) is 29.9. The number of hydrogen-bond acceptors (Lipinski definition) is 4. The first-order valence-electron chi connectivity index (χ1n) is 15.7. The molecular weight excluding hydrogens is 448 g/mol. The maximum absolute atomic E-state index is 11.7. The molecule has 0 aromatic heterocycles. The summed E-state index contributed by atoms with van der Waals surface area (Å²) in [6.45, 7) is 5.57.